The van der Waals surface area contributed by atoms with Crippen LogP contribution >= 0.6 is 11.8 Å². The van der Waals surface area contributed by atoms with E-state index in [-0.39, 0.29) is 6.09 Å². The van der Waals surface area contributed by atoms with E-state index in [9.17, 15) is 4.79 Å². The van der Waals surface area contributed by atoms with Crippen LogP contribution in [0.3, 0.4) is 0 Å². The number of nitrogens with one attached hydrogen (secondary N) is 2. The SMILES string of the molecule is CNCCCCNC(=O)OCC1=CCN=CS1. The van der Waals surface area contributed by atoms with E-state index in [0.717, 1.165) is 24.3 Å². The highest BCUT2D eigenvalue weighted by Crippen LogP contribution is 2.16. The lowest BCUT2D eigenvalue weighted by atomic mass is 10.3. The fourth-order valence-electron chi connectivity index (χ4n) is 1.25. The van der Waals surface area contributed by atoms with Gasteiger partial charge in [-0.2, -0.15) is 0 Å². The van der Waals surface area contributed by atoms with Crippen LogP contribution in [0, 0.1) is 0 Å². The minimum Gasteiger partial charge on any atom is -0.444 e. The van der Waals surface area contributed by atoms with Crippen molar-refractivity contribution < 1.29 is 9.53 Å². The van der Waals surface area contributed by atoms with Gasteiger partial charge >= 0.3 is 6.09 Å². The van der Waals surface area contributed by atoms with Gasteiger partial charge in [-0.25, -0.2) is 4.79 Å². The molecule has 0 radical (unpaired) electrons. The quantitative estimate of drug-likeness (QED) is 0.676. The molecule has 0 aromatic heterocycles. The van der Waals surface area contributed by atoms with Crippen molar-refractivity contribution >= 4 is 23.4 Å². The Kier molecular flexibility index (Phi) is 7.49. The van der Waals surface area contributed by atoms with Crippen LogP contribution in [0.2, 0.25) is 0 Å². The van der Waals surface area contributed by atoms with Crippen molar-refractivity contribution in [3.63, 3.8) is 0 Å². The molecule has 96 valence electrons. The van der Waals surface area contributed by atoms with Crippen LogP contribution in [0.1, 0.15) is 12.8 Å². The number of alkyl carbamates (subject to hydrolysis) is 1. The summed E-state index contributed by atoms with van der Waals surface area (Å²) in [6.45, 7) is 2.64. The summed E-state index contributed by atoms with van der Waals surface area (Å²) in [6.07, 6.45) is 3.62. The molecule has 1 amide bonds. The van der Waals surface area contributed by atoms with Gasteiger partial charge in [0.25, 0.3) is 0 Å². The fraction of sp³-hybridized carbons (Fsp3) is 0.636. The Bertz CT molecular complexity index is 292. The number of carbonyl (C=O) groups excluding carboxylic acids is 1. The van der Waals surface area contributed by atoms with E-state index in [1.807, 2.05) is 13.1 Å². The van der Waals surface area contributed by atoms with Gasteiger partial charge in [-0.1, -0.05) is 11.8 Å². The Morgan fingerprint density at radius 1 is 1.53 bits per heavy atom. The number of ether oxygens (including phenoxy) is 1. The number of nitrogens with zero attached hydrogens (tertiary/aromatic N) is 1. The van der Waals surface area contributed by atoms with Crippen molar-refractivity contribution in [2.24, 2.45) is 4.99 Å². The first-order valence-electron chi connectivity index (χ1n) is 5.72. The molecule has 0 atom stereocenters. The first-order valence-corrected chi connectivity index (χ1v) is 6.60. The molecule has 6 heteroatoms. The Morgan fingerprint density at radius 3 is 3.06 bits per heavy atom. The molecule has 0 fully saturated rings. The highest BCUT2D eigenvalue weighted by molar-refractivity contribution is 8.15. The summed E-state index contributed by atoms with van der Waals surface area (Å²) in [5.74, 6) is 0. The first kappa shape index (κ1) is 14.1. The van der Waals surface area contributed by atoms with Gasteiger partial charge in [0.2, 0.25) is 0 Å². The van der Waals surface area contributed by atoms with E-state index in [2.05, 4.69) is 15.6 Å². The second-order valence-electron chi connectivity index (χ2n) is 3.57. The summed E-state index contributed by atoms with van der Waals surface area (Å²) in [5.41, 5.74) is 1.77. The molecule has 0 saturated carbocycles. The third-order valence-corrected chi connectivity index (χ3v) is 3.01. The fourth-order valence-corrected chi connectivity index (χ4v) is 1.84. The number of rotatable bonds is 7. The number of aliphatic imine (C=N–C) groups is 1. The summed E-state index contributed by atoms with van der Waals surface area (Å²) >= 11 is 1.50. The van der Waals surface area contributed by atoms with Gasteiger partial charge < -0.3 is 15.4 Å². The first-order chi connectivity index (χ1) is 8.33. The second kappa shape index (κ2) is 9.07. The van der Waals surface area contributed by atoms with Gasteiger partial charge in [0.1, 0.15) is 6.61 Å². The zero-order valence-electron chi connectivity index (χ0n) is 10.1. The zero-order valence-corrected chi connectivity index (χ0v) is 10.9. The monoisotopic (exact) mass is 257 g/mol. The number of thioether (sulfide) groups is 1. The molecule has 5 nitrogen and oxygen atoms in total. The smallest absolute Gasteiger partial charge is 0.407 e. The Morgan fingerprint density at radius 2 is 2.35 bits per heavy atom. The van der Waals surface area contributed by atoms with E-state index in [1.165, 1.54) is 11.8 Å². The number of amides is 1. The lowest BCUT2D eigenvalue weighted by Gasteiger charge is -2.09. The van der Waals surface area contributed by atoms with Gasteiger partial charge in [-0.3, -0.25) is 4.99 Å². The second-order valence-corrected chi connectivity index (χ2v) is 4.54. The third kappa shape index (κ3) is 7.01. The molecular weight excluding hydrogens is 238 g/mol. The summed E-state index contributed by atoms with van der Waals surface area (Å²) in [4.78, 5) is 16.4. The molecule has 0 bridgehead atoms. The van der Waals surface area contributed by atoms with Crippen molar-refractivity contribution in [1.82, 2.24) is 10.6 Å². The predicted octanol–water partition coefficient (Wildman–Crippen LogP) is 1.37. The maximum absolute atomic E-state index is 11.3. The minimum atomic E-state index is -0.349. The normalized spacial score (nSPS) is 14.3. The highest BCUT2D eigenvalue weighted by Gasteiger charge is 2.05. The number of hydrogen-bond acceptors (Lipinski definition) is 5. The van der Waals surface area contributed by atoms with Gasteiger partial charge in [-0.15, -0.1) is 0 Å². The van der Waals surface area contributed by atoms with Crippen LogP contribution in [-0.2, 0) is 4.74 Å². The summed E-state index contributed by atoms with van der Waals surface area (Å²) in [5, 5.41) is 5.78. The molecule has 17 heavy (non-hydrogen) atoms. The Balaban J connectivity index is 1.99. The lowest BCUT2D eigenvalue weighted by Crippen LogP contribution is -2.26. The van der Waals surface area contributed by atoms with Crippen LogP contribution in [0.4, 0.5) is 4.79 Å². The average molecular weight is 257 g/mol. The number of carbonyl (C=O) groups is 1. The molecule has 0 aliphatic carbocycles. The number of hydrogen-bond donors (Lipinski definition) is 2. The van der Waals surface area contributed by atoms with Gasteiger partial charge in [0.15, 0.2) is 0 Å². The predicted molar refractivity (Wildman–Crippen MR) is 71.5 cm³/mol. The minimum absolute atomic E-state index is 0.332. The van der Waals surface area contributed by atoms with Crippen LogP contribution in [0.15, 0.2) is 16.0 Å². The molecule has 0 aromatic carbocycles. The molecule has 1 heterocycles. The molecule has 0 spiro atoms. The summed E-state index contributed by atoms with van der Waals surface area (Å²) < 4.78 is 5.07. The Hall–Kier alpha value is -1.01. The largest absolute Gasteiger partial charge is 0.444 e. The molecule has 0 unspecified atom stereocenters. The maximum Gasteiger partial charge on any atom is 0.407 e. The highest BCUT2D eigenvalue weighted by atomic mass is 32.2. The van der Waals surface area contributed by atoms with Crippen LogP contribution in [0.5, 0.6) is 0 Å². The van der Waals surface area contributed by atoms with E-state index in [1.54, 1.807) is 5.55 Å². The van der Waals surface area contributed by atoms with Crippen molar-refractivity contribution in [2.75, 3.05) is 33.3 Å². The summed E-state index contributed by atoms with van der Waals surface area (Å²) in [6, 6.07) is 0. The van der Waals surface area contributed by atoms with Gasteiger partial charge in [-0.05, 0) is 32.5 Å². The van der Waals surface area contributed by atoms with E-state index < -0.39 is 0 Å². The lowest BCUT2D eigenvalue weighted by molar-refractivity contribution is 0.157. The maximum atomic E-state index is 11.3. The third-order valence-electron chi connectivity index (χ3n) is 2.17. The van der Waals surface area contributed by atoms with Crippen molar-refractivity contribution in [2.45, 2.75) is 12.8 Å². The van der Waals surface area contributed by atoms with Crippen LogP contribution in [-0.4, -0.2) is 44.9 Å². The summed E-state index contributed by atoms with van der Waals surface area (Å²) in [7, 11) is 1.92. The van der Waals surface area contributed by atoms with Crippen molar-refractivity contribution in [1.29, 1.82) is 0 Å². The molecule has 2 N–H and O–H groups in total. The molecular formula is C11H19N3O2S. The Labute approximate surface area is 106 Å². The zero-order chi connectivity index (χ0) is 12.3. The van der Waals surface area contributed by atoms with Crippen LogP contribution in [0.25, 0.3) is 0 Å². The van der Waals surface area contributed by atoms with Gasteiger partial charge in [0, 0.05) is 11.4 Å². The number of unbranched alkanes of at least 4 members (excludes halogenated alkanes) is 1. The van der Waals surface area contributed by atoms with Crippen molar-refractivity contribution in [3.8, 4) is 0 Å². The standard InChI is InChI=1S/C11H19N3O2S/c1-12-5-2-3-6-14-11(15)16-8-10-4-7-13-9-17-10/h4,9,12H,2-3,5-8H2,1H3,(H,14,15). The molecule has 1 aliphatic heterocycles. The average Bonchev–Trinajstić information content (AvgIpc) is 2.37. The molecule has 1 aliphatic rings. The van der Waals surface area contributed by atoms with Crippen LogP contribution < -0.4 is 10.6 Å². The topological polar surface area (TPSA) is 62.7 Å². The van der Waals surface area contributed by atoms with E-state index in [4.69, 9.17) is 4.74 Å². The molecule has 0 aromatic rings. The van der Waals surface area contributed by atoms with Gasteiger partial charge in [0.05, 0.1) is 12.1 Å². The van der Waals surface area contributed by atoms with E-state index in [0.29, 0.717) is 19.7 Å². The van der Waals surface area contributed by atoms with E-state index >= 15 is 0 Å². The molecule has 0 saturated heterocycles. The van der Waals surface area contributed by atoms with Crippen molar-refractivity contribution in [3.05, 3.63) is 11.0 Å². The molecule has 1 rings (SSSR count).